The Labute approximate surface area is 267 Å². The monoisotopic (exact) mass is 620 g/mol. The van der Waals surface area contributed by atoms with E-state index in [1.165, 1.54) is 0 Å². The van der Waals surface area contributed by atoms with E-state index in [1.54, 1.807) is 21.3 Å². The first-order valence-electron chi connectivity index (χ1n) is 15.4. The molecule has 0 atom stereocenters. The molecule has 1 N–H and O–H groups in total. The first-order valence-corrected chi connectivity index (χ1v) is 15.4. The lowest BCUT2D eigenvalue weighted by Gasteiger charge is -2.36. The number of methoxy groups -OCH3 is 3. The summed E-state index contributed by atoms with van der Waals surface area (Å²) in [6.07, 6.45) is 0. The Morgan fingerprint density at radius 2 is 1.61 bits per heavy atom. The number of carbonyl (C=O) groups excluding carboxylic acids is 1. The lowest BCUT2D eigenvalue weighted by molar-refractivity contribution is 0.104. The Morgan fingerprint density at radius 1 is 0.870 bits per heavy atom. The molecular weight excluding hydrogens is 584 g/mol. The van der Waals surface area contributed by atoms with Crippen molar-refractivity contribution in [2.75, 3.05) is 64.3 Å². The van der Waals surface area contributed by atoms with Crippen molar-refractivity contribution in [1.29, 1.82) is 0 Å². The highest BCUT2D eigenvalue weighted by molar-refractivity contribution is 6.28. The maximum absolute atomic E-state index is 14.0. The normalized spacial score (nSPS) is 14.3. The van der Waals surface area contributed by atoms with Gasteiger partial charge in [0.15, 0.2) is 23.0 Å². The Kier molecular flexibility index (Phi) is 7.88. The summed E-state index contributed by atoms with van der Waals surface area (Å²) in [5, 5.41) is 8.83. The largest absolute Gasteiger partial charge is 0.494 e. The van der Waals surface area contributed by atoms with E-state index in [9.17, 15) is 4.79 Å². The predicted molar refractivity (Wildman–Crippen MR) is 177 cm³/mol. The van der Waals surface area contributed by atoms with Crippen LogP contribution >= 0.6 is 0 Å². The van der Waals surface area contributed by atoms with E-state index in [4.69, 9.17) is 23.5 Å². The molecule has 5 aromatic rings. The SMILES string of the molecule is CCOc1ccc(Nc2cc(N3CCN(Cc4ccc(OC)c(OC)c4OC)CC3)c3noc4c3c2C(=O)c2ccccc2-4)cc1. The topological polar surface area (TPSA) is 98.5 Å². The minimum atomic E-state index is -0.0510. The van der Waals surface area contributed by atoms with Crippen LogP contribution in [0.2, 0.25) is 0 Å². The van der Waals surface area contributed by atoms with Crippen molar-refractivity contribution in [3.63, 3.8) is 0 Å². The van der Waals surface area contributed by atoms with Crippen LogP contribution in [-0.4, -0.2) is 70.0 Å². The number of anilines is 3. The molecule has 0 unspecified atom stereocenters. The molecule has 0 radical (unpaired) electrons. The number of hydrogen-bond donors (Lipinski definition) is 1. The molecule has 2 aliphatic rings. The number of nitrogens with zero attached hydrogens (tertiary/aromatic N) is 3. The first-order chi connectivity index (χ1) is 22.5. The lowest BCUT2D eigenvalue weighted by atomic mass is 9.86. The quantitative estimate of drug-likeness (QED) is 0.182. The highest BCUT2D eigenvalue weighted by atomic mass is 16.5. The van der Waals surface area contributed by atoms with Gasteiger partial charge in [-0.05, 0) is 43.3 Å². The van der Waals surface area contributed by atoms with Gasteiger partial charge >= 0.3 is 0 Å². The number of ketones is 1. The number of piperazine rings is 1. The van der Waals surface area contributed by atoms with Gasteiger partial charge in [0.25, 0.3) is 0 Å². The van der Waals surface area contributed by atoms with Gasteiger partial charge in [0.1, 0.15) is 11.3 Å². The summed E-state index contributed by atoms with van der Waals surface area (Å²) in [6, 6.07) is 21.3. The molecule has 10 heteroatoms. The van der Waals surface area contributed by atoms with E-state index in [0.29, 0.717) is 58.5 Å². The number of carbonyl (C=O) groups is 1. The number of fused-ring (bicyclic) bond motifs is 2. The molecule has 2 heterocycles. The second-order valence-electron chi connectivity index (χ2n) is 11.3. The van der Waals surface area contributed by atoms with E-state index >= 15 is 0 Å². The fraction of sp³-hybridized carbons (Fsp3) is 0.278. The molecule has 1 aliphatic carbocycles. The predicted octanol–water partition coefficient (Wildman–Crippen LogP) is 6.53. The third-order valence-electron chi connectivity index (χ3n) is 8.72. The van der Waals surface area contributed by atoms with E-state index < -0.39 is 0 Å². The van der Waals surface area contributed by atoms with Gasteiger partial charge in [0, 0.05) is 55.1 Å². The second-order valence-corrected chi connectivity index (χ2v) is 11.3. The zero-order chi connectivity index (χ0) is 31.8. The number of ether oxygens (including phenoxy) is 4. The second kappa shape index (κ2) is 12.3. The summed E-state index contributed by atoms with van der Waals surface area (Å²) in [7, 11) is 4.89. The van der Waals surface area contributed by atoms with Crippen molar-refractivity contribution in [3.8, 4) is 34.3 Å². The van der Waals surface area contributed by atoms with Gasteiger partial charge < -0.3 is 33.7 Å². The summed E-state index contributed by atoms with van der Waals surface area (Å²) in [5.41, 5.74) is 6.16. The van der Waals surface area contributed by atoms with Gasteiger partial charge in [-0.15, -0.1) is 0 Å². The van der Waals surface area contributed by atoms with E-state index in [1.807, 2.05) is 73.7 Å². The van der Waals surface area contributed by atoms with Crippen LogP contribution in [0.1, 0.15) is 28.4 Å². The molecule has 1 aliphatic heterocycles. The summed E-state index contributed by atoms with van der Waals surface area (Å²) < 4.78 is 28.4. The Hall–Kier alpha value is -5.22. The average Bonchev–Trinajstić information content (AvgIpc) is 3.54. The van der Waals surface area contributed by atoms with Crippen LogP contribution in [0.4, 0.5) is 17.1 Å². The van der Waals surface area contributed by atoms with E-state index in [2.05, 4.69) is 20.3 Å². The lowest BCUT2D eigenvalue weighted by Crippen LogP contribution is -2.46. The van der Waals surface area contributed by atoms with Crippen molar-refractivity contribution in [3.05, 3.63) is 83.4 Å². The molecule has 0 amide bonds. The highest BCUT2D eigenvalue weighted by Gasteiger charge is 2.34. The van der Waals surface area contributed by atoms with Crippen molar-refractivity contribution in [1.82, 2.24) is 10.1 Å². The Balaban J connectivity index is 1.22. The minimum Gasteiger partial charge on any atom is -0.494 e. The molecule has 0 saturated carbocycles. The van der Waals surface area contributed by atoms with Gasteiger partial charge in [-0.2, -0.15) is 0 Å². The molecule has 236 valence electrons. The van der Waals surface area contributed by atoms with Crippen LogP contribution < -0.4 is 29.2 Å². The highest BCUT2D eigenvalue weighted by Crippen LogP contribution is 2.47. The van der Waals surface area contributed by atoms with Gasteiger partial charge in [-0.25, -0.2) is 0 Å². The maximum atomic E-state index is 14.0. The minimum absolute atomic E-state index is 0.0510. The molecule has 0 spiro atoms. The fourth-order valence-corrected chi connectivity index (χ4v) is 6.51. The molecule has 1 aromatic heterocycles. The van der Waals surface area contributed by atoms with Crippen molar-refractivity contribution < 1.29 is 28.3 Å². The molecule has 10 nitrogen and oxygen atoms in total. The molecule has 1 fully saturated rings. The number of rotatable bonds is 10. The van der Waals surface area contributed by atoms with Crippen LogP contribution in [0.25, 0.3) is 22.2 Å². The standard InChI is InChI=1S/C36H36N4O6/c1-5-45-24-13-11-23(12-14-24)37-27-20-28(32-31-30(27)33(41)25-8-6-7-9-26(25)35(31)46-38-32)40-18-16-39(17-19-40)21-22-10-15-29(42-2)36(44-4)34(22)43-3/h6-15,20,37H,5,16-19,21H2,1-4H3. The number of aromatic nitrogens is 1. The third-order valence-corrected chi connectivity index (χ3v) is 8.72. The fourth-order valence-electron chi connectivity index (χ4n) is 6.51. The van der Waals surface area contributed by atoms with E-state index in [-0.39, 0.29) is 5.78 Å². The van der Waals surface area contributed by atoms with Crippen molar-refractivity contribution >= 4 is 33.7 Å². The molecule has 46 heavy (non-hydrogen) atoms. The van der Waals surface area contributed by atoms with Crippen LogP contribution in [-0.2, 0) is 6.54 Å². The zero-order valence-electron chi connectivity index (χ0n) is 26.4. The zero-order valence-corrected chi connectivity index (χ0v) is 26.4. The number of nitrogens with one attached hydrogen (secondary N) is 1. The molecule has 0 bridgehead atoms. The van der Waals surface area contributed by atoms with E-state index in [0.717, 1.165) is 59.8 Å². The molecule has 4 aromatic carbocycles. The summed E-state index contributed by atoms with van der Waals surface area (Å²) in [6.45, 7) is 6.41. The molecule has 7 rings (SSSR count). The first kappa shape index (κ1) is 29.5. The van der Waals surface area contributed by atoms with Gasteiger partial charge in [0.2, 0.25) is 5.75 Å². The third kappa shape index (κ3) is 5.04. The van der Waals surface area contributed by atoms with Crippen molar-refractivity contribution in [2.24, 2.45) is 0 Å². The molecular formula is C36H36N4O6. The Morgan fingerprint density at radius 3 is 2.30 bits per heavy atom. The summed E-state index contributed by atoms with van der Waals surface area (Å²) >= 11 is 0. The van der Waals surface area contributed by atoms with Crippen LogP contribution in [0.5, 0.6) is 23.0 Å². The van der Waals surface area contributed by atoms with Crippen molar-refractivity contribution in [2.45, 2.75) is 13.5 Å². The smallest absolute Gasteiger partial charge is 0.203 e. The molecule has 1 saturated heterocycles. The van der Waals surface area contributed by atoms with Gasteiger partial charge in [0.05, 0.1) is 50.3 Å². The van der Waals surface area contributed by atoms with Gasteiger partial charge in [-0.1, -0.05) is 35.5 Å². The maximum Gasteiger partial charge on any atom is 0.203 e. The van der Waals surface area contributed by atoms with Crippen LogP contribution in [0, 0.1) is 0 Å². The van der Waals surface area contributed by atoms with Crippen LogP contribution in [0.3, 0.4) is 0 Å². The number of hydrogen-bond acceptors (Lipinski definition) is 10. The Bertz CT molecular complexity index is 1910. The summed E-state index contributed by atoms with van der Waals surface area (Å²) in [4.78, 5) is 18.7. The van der Waals surface area contributed by atoms with Gasteiger partial charge in [-0.3, -0.25) is 9.69 Å². The average molecular weight is 621 g/mol. The summed E-state index contributed by atoms with van der Waals surface area (Å²) in [5.74, 6) is 3.27. The number of benzene rings is 4. The van der Waals surface area contributed by atoms with Crippen LogP contribution in [0.15, 0.2) is 71.3 Å².